The molecule has 0 saturated heterocycles. The SMILES string of the molecule is C=CCn1c(=C(C#N)c2nnc3n2CCCCC3)sc(=Cc2cccs2)c1=O. The lowest BCUT2D eigenvalue weighted by molar-refractivity contribution is 0.626. The third-order valence-corrected chi connectivity index (χ3v) is 6.64. The molecule has 0 aliphatic carbocycles. The van der Waals surface area contributed by atoms with Crippen molar-refractivity contribution in [2.45, 2.75) is 38.8 Å². The van der Waals surface area contributed by atoms with Crippen LogP contribution in [0.25, 0.3) is 11.6 Å². The summed E-state index contributed by atoms with van der Waals surface area (Å²) in [4.78, 5) is 14.0. The highest BCUT2D eigenvalue weighted by atomic mass is 32.1. The van der Waals surface area contributed by atoms with Crippen LogP contribution in [0, 0.1) is 11.3 Å². The lowest BCUT2D eigenvalue weighted by Gasteiger charge is -2.06. The Labute approximate surface area is 170 Å². The average Bonchev–Trinajstić information content (AvgIpc) is 3.37. The Morgan fingerprint density at radius 1 is 1.36 bits per heavy atom. The van der Waals surface area contributed by atoms with Crippen molar-refractivity contribution in [2.24, 2.45) is 0 Å². The maximum atomic E-state index is 13.0. The third-order valence-electron chi connectivity index (χ3n) is 4.69. The number of fused-ring (bicyclic) bond motifs is 1. The molecule has 0 bridgehead atoms. The van der Waals surface area contributed by atoms with E-state index in [4.69, 9.17) is 0 Å². The molecule has 0 radical (unpaired) electrons. The van der Waals surface area contributed by atoms with Gasteiger partial charge in [-0.1, -0.05) is 18.6 Å². The summed E-state index contributed by atoms with van der Waals surface area (Å²) >= 11 is 2.90. The summed E-state index contributed by atoms with van der Waals surface area (Å²) in [6.07, 6.45) is 7.68. The molecule has 3 aromatic heterocycles. The van der Waals surface area contributed by atoms with Gasteiger partial charge in [-0.2, -0.15) is 5.26 Å². The summed E-state index contributed by atoms with van der Waals surface area (Å²) < 4.78 is 4.85. The summed E-state index contributed by atoms with van der Waals surface area (Å²) in [5.41, 5.74) is 0.284. The summed E-state index contributed by atoms with van der Waals surface area (Å²) in [6, 6.07) is 6.20. The standard InChI is InChI=1S/C20H19N5OS2/c1-2-9-25-19(26)16(12-14-7-6-11-27-14)28-20(25)15(13-21)18-23-22-17-8-4-3-5-10-24(17)18/h2,6-7,11-12H,1,3-5,8-10H2. The van der Waals surface area contributed by atoms with E-state index in [0.717, 1.165) is 42.9 Å². The van der Waals surface area contributed by atoms with E-state index in [0.29, 0.717) is 27.1 Å². The number of thiophene rings is 1. The molecular weight excluding hydrogens is 390 g/mol. The summed E-state index contributed by atoms with van der Waals surface area (Å²) in [6.45, 7) is 4.91. The smallest absolute Gasteiger partial charge is 0.269 e. The molecule has 0 unspecified atom stereocenters. The molecule has 142 valence electrons. The first-order valence-electron chi connectivity index (χ1n) is 9.15. The molecule has 3 aromatic rings. The highest BCUT2D eigenvalue weighted by molar-refractivity contribution is 7.11. The van der Waals surface area contributed by atoms with Gasteiger partial charge in [-0.05, 0) is 30.4 Å². The molecule has 0 spiro atoms. The molecule has 28 heavy (non-hydrogen) atoms. The van der Waals surface area contributed by atoms with Gasteiger partial charge in [0.2, 0.25) is 0 Å². The number of thiazole rings is 1. The van der Waals surface area contributed by atoms with Crippen LogP contribution in [0.5, 0.6) is 0 Å². The molecule has 0 saturated carbocycles. The van der Waals surface area contributed by atoms with Crippen LogP contribution in [0.15, 0.2) is 35.0 Å². The minimum Gasteiger partial charge on any atom is -0.310 e. The van der Waals surface area contributed by atoms with Crippen LogP contribution >= 0.6 is 22.7 Å². The molecule has 1 aliphatic rings. The number of aromatic nitrogens is 4. The topological polar surface area (TPSA) is 76.5 Å². The zero-order valence-corrected chi connectivity index (χ0v) is 16.9. The van der Waals surface area contributed by atoms with Crippen LogP contribution < -0.4 is 14.8 Å². The maximum Gasteiger partial charge on any atom is 0.269 e. The molecule has 0 N–H and O–H groups in total. The molecule has 8 heteroatoms. The Kier molecular flexibility index (Phi) is 5.37. The average molecular weight is 410 g/mol. The summed E-state index contributed by atoms with van der Waals surface area (Å²) in [7, 11) is 0. The van der Waals surface area contributed by atoms with Gasteiger partial charge in [0, 0.05) is 24.4 Å². The Morgan fingerprint density at radius 2 is 2.25 bits per heavy atom. The number of nitriles is 1. The number of hydrogen-bond donors (Lipinski definition) is 0. The second-order valence-electron chi connectivity index (χ2n) is 6.52. The van der Waals surface area contributed by atoms with Crippen LogP contribution in [0.3, 0.4) is 0 Å². The molecule has 1 aliphatic heterocycles. The lowest BCUT2D eigenvalue weighted by atomic mass is 10.2. The van der Waals surface area contributed by atoms with Gasteiger partial charge < -0.3 is 4.57 Å². The van der Waals surface area contributed by atoms with Crippen molar-refractivity contribution in [1.29, 1.82) is 5.26 Å². The maximum absolute atomic E-state index is 13.0. The first-order valence-corrected chi connectivity index (χ1v) is 10.8. The molecule has 0 amide bonds. The van der Waals surface area contributed by atoms with Crippen molar-refractivity contribution >= 4 is 34.3 Å². The summed E-state index contributed by atoms with van der Waals surface area (Å²) in [5.74, 6) is 1.47. The predicted molar refractivity (Wildman–Crippen MR) is 112 cm³/mol. The van der Waals surface area contributed by atoms with Gasteiger partial charge in [-0.3, -0.25) is 9.36 Å². The van der Waals surface area contributed by atoms with Crippen molar-refractivity contribution < 1.29 is 0 Å². The van der Waals surface area contributed by atoms with Gasteiger partial charge in [0.1, 0.15) is 22.1 Å². The van der Waals surface area contributed by atoms with E-state index in [9.17, 15) is 10.1 Å². The Morgan fingerprint density at radius 3 is 3.00 bits per heavy atom. The Bertz CT molecular complexity index is 1220. The predicted octanol–water partition coefficient (Wildman–Crippen LogP) is 2.03. The molecule has 4 heterocycles. The molecule has 0 fully saturated rings. The normalized spacial score (nSPS) is 15.6. The van der Waals surface area contributed by atoms with E-state index in [2.05, 4.69) is 22.8 Å². The molecular formula is C20H19N5OS2. The largest absolute Gasteiger partial charge is 0.310 e. The highest BCUT2D eigenvalue weighted by Gasteiger charge is 2.20. The van der Waals surface area contributed by atoms with Crippen LogP contribution in [0.2, 0.25) is 0 Å². The second-order valence-corrected chi connectivity index (χ2v) is 8.53. The summed E-state index contributed by atoms with van der Waals surface area (Å²) in [5, 5.41) is 20.6. The molecule has 0 atom stereocenters. The van der Waals surface area contributed by atoms with Crippen LogP contribution in [0.4, 0.5) is 0 Å². The van der Waals surface area contributed by atoms with E-state index in [-0.39, 0.29) is 5.56 Å². The highest BCUT2D eigenvalue weighted by Crippen LogP contribution is 2.18. The Hall–Kier alpha value is -2.76. The third kappa shape index (κ3) is 3.39. The minimum absolute atomic E-state index is 0.114. The number of allylic oxidation sites excluding steroid dienone is 1. The zero-order chi connectivity index (χ0) is 19.5. The van der Waals surface area contributed by atoms with E-state index in [1.54, 1.807) is 22.0 Å². The molecule has 4 rings (SSSR count). The van der Waals surface area contributed by atoms with E-state index >= 15 is 0 Å². The van der Waals surface area contributed by atoms with E-state index in [1.165, 1.54) is 11.3 Å². The fourth-order valence-electron chi connectivity index (χ4n) is 3.37. The van der Waals surface area contributed by atoms with Crippen LogP contribution in [-0.2, 0) is 19.5 Å². The van der Waals surface area contributed by atoms with Gasteiger partial charge in [-0.15, -0.1) is 39.4 Å². The van der Waals surface area contributed by atoms with Gasteiger partial charge in [0.05, 0.1) is 4.53 Å². The van der Waals surface area contributed by atoms with Crippen LogP contribution in [-0.4, -0.2) is 19.3 Å². The van der Waals surface area contributed by atoms with Gasteiger partial charge >= 0.3 is 0 Å². The second kappa shape index (κ2) is 8.09. The van der Waals surface area contributed by atoms with Gasteiger partial charge in [-0.25, -0.2) is 0 Å². The zero-order valence-electron chi connectivity index (χ0n) is 15.3. The van der Waals surface area contributed by atoms with Crippen molar-refractivity contribution in [3.63, 3.8) is 0 Å². The molecule has 0 aromatic carbocycles. The monoisotopic (exact) mass is 409 g/mol. The fraction of sp³-hybridized carbons (Fsp3) is 0.300. The minimum atomic E-state index is -0.114. The number of aryl methyl sites for hydroxylation is 1. The van der Waals surface area contributed by atoms with Crippen molar-refractivity contribution in [1.82, 2.24) is 19.3 Å². The van der Waals surface area contributed by atoms with Crippen molar-refractivity contribution in [3.05, 3.63) is 66.2 Å². The number of rotatable bonds is 4. The quantitative estimate of drug-likeness (QED) is 0.618. The van der Waals surface area contributed by atoms with Crippen LogP contribution in [0.1, 0.15) is 35.8 Å². The van der Waals surface area contributed by atoms with Gasteiger partial charge in [0.25, 0.3) is 5.56 Å². The lowest BCUT2D eigenvalue weighted by Crippen LogP contribution is -2.32. The Balaban J connectivity index is 1.99. The number of nitrogens with zero attached hydrogens (tertiary/aromatic N) is 5. The van der Waals surface area contributed by atoms with E-state index in [1.807, 2.05) is 28.2 Å². The number of hydrogen-bond acceptors (Lipinski definition) is 6. The fourth-order valence-corrected chi connectivity index (χ4v) is 5.20. The van der Waals surface area contributed by atoms with Crippen molar-refractivity contribution in [3.8, 4) is 6.07 Å². The first kappa shape index (κ1) is 18.6. The van der Waals surface area contributed by atoms with Crippen molar-refractivity contribution in [2.75, 3.05) is 0 Å². The first-order chi connectivity index (χ1) is 13.7. The van der Waals surface area contributed by atoms with Gasteiger partial charge in [0.15, 0.2) is 5.82 Å². The molecule has 6 nitrogen and oxygen atoms in total. The van der Waals surface area contributed by atoms with E-state index < -0.39 is 0 Å².